The van der Waals surface area contributed by atoms with Gasteiger partial charge in [0.05, 0.1) is 29.7 Å². The third kappa shape index (κ3) is 3.35. The number of aromatic amines is 1. The molecule has 4 aliphatic rings. The first-order valence-corrected chi connectivity index (χ1v) is 14.9. The molecule has 3 heterocycles. The number of hydrogen-bond donors (Lipinski definition) is 1. The fraction of sp³-hybridized carbons (Fsp3) is 0.433. The van der Waals surface area contributed by atoms with Crippen molar-refractivity contribution in [1.29, 1.82) is 0 Å². The van der Waals surface area contributed by atoms with Gasteiger partial charge in [0.15, 0.2) is 0 Å². The number of hydrogen-bond acceptors (Lipinski definition) is 6. The van der Waals surface area contributed by atoms with Crippen molar-refractivity contribution in [3.63, 3.8) is 0 Å². The predicted molar refractivity (Wildman–Crippen MR) is 149 cm³/mol. The van der Waals surface area contributed by atoms with Crippen molar-refractivity contribution >= 4 is 40.6 Å². The molecule has 3 fully saturated rings. The Labute approximate surface area is 229 Å². The molecule has 6 nitrogen and oxygen atoms in total. The summed E-state index contributed by atoms with van der Waals surface area (Å²) in [4.78, 5) is 45.7. The number of imide groups is 1. The lowest BCUT2D eigenvalue weighted by Gasteiger charge is -2.43. The molecule has 2 amide bonds. The van der Waals surface area contributed by atoms with E-state index in [0.717, 1.165) is 16.3 Å². The first-order valence-electron chi connectivity index (χ1n) is 13.2. The molecule has 8 heteroatoms. The number of rotatable bonds is 3. The average Bonchev–Trinajstić information content (AvgIpc) is 3.62. The Kier molecular flexibility index (Phi) is 5.31. The van der Waals surface area contributed by atoms with Crippen molar-refractivity contribution in [2.45, 2.75) is 48.8 Å². The second kappa shape index (κ2) is 8.33. The Balaban J connectivity index is 1.29. The third-order valence-electron chi connectivity index (χ3n) is 9.19. The van der Waals surface area contributed by atoms with Gasteiger partial charge < -0.3 is 9.72 Å². The lowest BCUT2D eigenvalue weighted by atomic mass is 9.68. The van der Waals surface area contributed by atoms with E-state index in [1.165, 1.54) is 27.4 Å². The molecule has 2 aromatic carbocycles. The van der Waals surface area contributed by atoms with Gasteiger partial charge in [0, 0.05) is 16.0 Å². The van der Waals surface area contributed by atoms with Crippen LogP contribution < -0.4 is 14.5 Å². The number of fused-ring (bicyclic) bond motifs is 9. The Morgan fingerprint density at radius 3 is 2.21 bits per heavy atom. The van der Waals surface area contributed by atoms with Gasteiger partial charge in [-0.1, -0.05) is 56.4 Å². The van der Waals surface area contributed by atoms with Crippen molar-refractivity contribution < 1.29 is 14.3 Å². The summed E-state index contributed by atoms with van der Waals surface area (Å²) >= 11 is 3.03. The SMILES string of the molecule is COc1ccc(N2C(=O)[C@@H]3[C@H]4C[C@@H]([C@@H]3C2=O)[C@@H]2[C@@H](c3ccc(C(C)(C)C)cc3)c3sc(=O)[nH]c3S[C@@H]42)cc1. The number of amides is 2. The zero-order valence-electron chi connectivity index (χ0n) is 21.8. The van der Waals surface area contributed by atoms with Crippen LogP contribution in [0.4, 0.5) is 5.69 Å². The summed E-state index contributed by atoms with van der Waals surface area (Å²) in [5.74, 6) is 0.428. The minimum absolute atomic E-state index is 0.0378. The Morgan fingerprint density at radius 1 is 0.921 bits per heavy atom. The zero-order chi connectivity index (χ0) is 26.5. The van der Waals surface area contributed by atoms with Gasteiger partial charge in [-0.2, -0.15) is 0 Å². The number of nitrogens with one attached hydrogen (secondary N) is 1. The zero-order valence-corrected chi connectivity index (χ0v) is 23.4. The maximum atomic E-state index is 13.9. The van der Waals surface area contributed by atoms with E-state index >= 15 is 0 Å². The standard InChI is InChI=1S/C30H30N2O4S2/c1-30(2,3)15-7-5-14(6-8-15)20-21-18-13-19(24(21)37-26-25(20)38-29(35)31-26)23-22(18)27(33)32(28(23)34)16-9-11-17(36-4)12-10-16/h5-12,18-24H,13H2,1-4H3,(H,31,35)/t18-,19-,20-,21-,22+,23-,24+/m1/s1. The summed E-state index contributed by atoms with van der Waals surface area (Å²) < 4.78 is 5.26. The molecule has 1 aromatic heterocycles. The number of carbonyl (C=O) groups is 2. The fourth-order valence-corrected chi connectivity index (χ4v) is 10.5. The first-order chi connectivity index (χ1) is 18.2. The third-order valence-corrected chi connectivity index (χ3v) is 11.8. The summed E-state index contributed by atoms with van der Waals surface area (Å²) in [5, 5.41) is 1.14. The largest absolute Gasteiger partial charge is 0.497 e. The second-order valence-corrected chi connectivity index (χ2v) is 14.2. The van der Waals surface area contributed by atoms with Gasteiger partial charge >= 0.3 is 4.87 Å². The van der Waals surface area contributed by atoms with Gasteiger partial charge in [-0.05, 0) is 65.0 Å². The van der Waals surface area contributed by atoms with Gasteiger partial charge in [-0.15, -0.1) is 11.8 Å². The van der Waals surface area contributed by atoms with Crippen LogP contribution in [0.15, 0.2) is 58.4 Å². The van der Waals surface area contributed by atoms with Crippen molar-refractivity contribution in [3.05, 3.63) is 74.2 Å². The van der Waals surface area contributed by atoms with Crippen LogP contribution in [0.2, 0.25) is 0 Å². The Hall–Kier alpha value is -2.84. The lowest BCUT2D eigenvalue weighted by Crippen LogP contribution is -2.42. The molecule has 1 saturated heterocycles. The van der Waals surface area contributed by atoms with Crippen molar-refractivity contribution in [2.24, 2.45) is 29.6 Å². The van der Waals surface area contributed by atoms with Crippen LogP contribution in [0.5, 0.6) is 5.75 Å². The van der Waals surface area contributed by atoms with Crippen molar-refractivity contribution in [1.82, 2.24) is 4.98 Å². The molecule has 0 unspecified atom stereocenters. The number of methoxy groups -OCH3 is 1. The first kappa shape index (κ1) is 24.2. The van der Waals surface area contributed by atoms with Crippen LogP contribution in [-0.4, -0.2) is 29.2 Å². The van der Waals surface area contributed by atoms with Crippen LogP contribution in [0.3, 0.4) is 0 Å². The smallest absolute Gasteiger partial charge is 0.305 e. The molecule has 2 bridgehead atoms. The number of nitrogens with zero attached hydrogens (tertiary/aromatic N) is 1. The summed E-state index contributed by atoms with van der Waals surface area (Å²) in [7, 11) is 1.60. The van der Waals surface area contributed by atoms with Crippen LogP contribution in [0.1, 0.15) is 49.1 Å². The van der Waals surface area contributed by atoms with E-state index in [1.807, 2.05) is 0 Å². The number of aromatic nitrogens is 1. The van der Waals surface area contributed by atoms with Crippen molar-refractivity contribution in [2.75, 3.05) is 12.0 Å². The number of ether oxygens (including phenoxy) is 1. The van der Waals surface area contributed by atoms with Crippen molar-refractivity contribution in [3.8, 4) is 5.75 Å². The summed E-state index contributed by atoms with van der Waals surface area (Å²) in [6.07, 6.45) is 0.890. The predicted octanol–water partition coefficient (Wildman–Crippen LogP) is 5.42. The summed E-state index contributed by atoms with van der Waals surface area (Å²) in [5.41, 5.74) is 3.13. The molecule has 196 valence electrons. The van der Waals surface area contributed by atoms with Gasteiger partial charge in [0.25, 0.3) is 0 Å². The van der Waals surface area contributed by atoms with E-state index in [4.69, 9.17) is 4.74 Å². The Morgan fingerprint density at radius 2 is 1.58 bits per heavy atom. The van der Waals surface area contributed by atoms with E-state index in [-0.39, 0.29) is 62.9 Å². The van der Waals surface area contributed by atoms with Crippen LogP contribution >= 0.6 is 23.1 Å². The number of carbonyl (C=O) groups excluding carboxylic acids is 2. The monoisotopic (exact) mass is 546 g/mol. The molecule has 2 aliphatic carbocycles. The van der Waals surface area contributed by atoms with Crippen LogP contribution in [0.25, 0.3) is 0 Å². The highest BCUT2D eigenvalue weighted by molar-refractivity contribution is 8.00. The van der Waals surface area contributed by atoms with E-state index in [0.29, 0.717) is 11.4 Å². The maximum Gasteiger partial charge on any atom is 0.305 e. The Bertz CT molecular complexity index is 1500. The van der Waals surface area contributed by atoms with Gasteiger partial charge in [0.1, 0.15) is 5.75 Å². The number of thioether (sulfide) groups is 1. The number of anilines is 1. The highest BCUT2D eigenvalue weighted by Gasteiger charge is 2.69. The quantitative estimate of drug-likeness (QED) is 0.444. The fourth-order valence-electron chi connectivity index (χ4n) is 7.57. The second-order valence-electron chi connectivity index (χ2n) is 12.0. The highest BCUT2D eigenvalue weighted by atomic mass is 32.2. The lowest BCUT2D eigenvalue weighted by molar-refractivity contribution is -0.123. The molecule has 3 aromatic rings. The molecular formula is C30H30N2O4S2. The molecule has 7 atom stereocenters. The number of benzene rings is 2. The average molecular weight is 547 g/mol. The summed E-state index contributed by atoms with van der Waals surface area (Å²) in [6, 6.07) is 16.0. The van der Waals surface area contributed by atoms with E-state index in [9.17, 15) is 14.4 Å². The molecule has 7 rings (SSSR count). The molecular weight excluding hydrogens is 516 g/mol. The van der Waals surface area contributed by atoms with Gasteiger partial charge in [-0.25, -0.2) is 0 Å². The van der Waals surface area contributed by atoms with Crippen LogP contribution in [-0.2, 0) is 15.0 Å². The molecule has 0 radical (unpaired) electrons. The number of thiazole rings is 1. The molecule has 1 N–H and O–H groups in total. The minimum Gasteiger partial charge on any atom is -0.497 e. The molecule has 38 heavy (non-hydrogen) atoms. The number of H-pyrrole nitrogens is 1. The van der Waals surface area contributed by atoms with E-state index in [2.05, 4.69) is 50.0 Å². The molecule has 2 saturated carbocycles. The summed E-state index contributed by atoms with van der Waals surface area (Å²) in [6.45, 7) is 6.62. The van der Waals surface area contributed by atoms with E-state index < -0.39 is 0 Å². The van der Waals surface area contributed by atoms with Gasteiger partial charge in [0.2, 0.25) is 11.8 Å². The van der Waals surface area contributed by atoms with E-state index in [1.54, 1.807) is 43.1 Å². The van der Waals surface area contributed by atoms with Gasteiger partial charge in [-0.3, -0.25) is 19.3 Å². The topological polar surface area (TPSA) is 79.5 Å². The highest BCUT2D eigenvalue weighted by Crippen LogP contribution is 2.68. The maximum absolute atomic E-state index is 13.9. The molecule has 0 spiro atoms. The molecule has 2 aliphatic heterocycles. The normalized spacial score (nSPS) is 31.4. The van der Waals surface area contributed by atoms with Crippen LogP contribution in [0, 0.1) is 29.6 Å². The minimum atomic E-state index is -0.301.